The average molecular weight is 234 g/mol. The number of halogens is 1. The van der Waals surface area contributed by atoms with Gasteiger partial charge in [-0.15, -0.1) is 0 Å². The van der Waals surface area contributed by atoms with Crippen LogP contribution in [0.25, 0.3) is 5.69 Å². The molecule has 2 rings (SSSR count). The van der Waals surface area contributed by atoms with Crippen LogP contribution in [0.3, 0.4) is 0 Å². The summed E-state index contributed by atoms with van der Waals surface area (Å²) in [5, 5.41) is 0. The van der Waals surface area contributed by atoms with Crippen molar-refractivity contribution in [1.82, 2.24) is 9.55 Å². The Morgan fingerprint density at radius 2 is 2.00 bits per heavy atom. The van der Waals surface area contributed by atoms with E-state index in [-0.39, 0.29) is 16.9 Å². The van der Waals surface area contributed by atoms with Crippen LogP contribution in [-0.4, -0.2) is 9.55 Å². The molecule has 0 atom stereocenters. The summed E-state index contributed by atoms with van der Waals surface area (Å²) in [6.45, 7) is 6.02. The second-order valence-electron chi connectivity index (χ2n) is 5.04. The second kappa shape index (κ2) is 3.87. The van der Waals surface area contributed by atoms with Crippen molar-refractivity contribution in [2.45, 2.75) is 26.2 Å². The molecule has 0 saturated heterocycles. The molecule has 0 aliphatic carbocycles. The molecule has 1 aromatic carbocycles. The summed E-state index contributed by atoms with van der Waals surface area (Å²) in [7, 11) is 0. The van der Waals surface area contributed by atoms with Crippen LogP contribution < -0.4 is 5.69 Å². The minimum Gasteiger partial charge on any atom is -0.312 e. The van der Waals surface area contributed by atoms with Crippen molar-refractivity contribution < 1.29 is 4.39 Å². The van der Waals surface area contributed by atoms with Gasteiger partial charge >= 0.3 is 5.69 Å². The molecular weight excluding hydrogens is 219 g/mol. The molecule has 0 bridgehead atoms. The molecule has 4 heteroatoms. The highest BCUT2D eigenvalue weighted by molar-refractivity contribution is 5.35. The molecular formula is C13H15FN2O. The SMILES string of the molecule is CC(C)(C)c1c[nH]c(=O)n1-c1cccc(F)c1. The molecule has 0 radical (unpaired) electrons. The number of nitrogens with one attached hydrogen (secondary N) is 1. The standard InChI is InChI=1S/C13H15FN2O/c1-13(2,3)11-8-15-12(17)16(11)10-6-4-5-9(14)7-10/h4-8H,1-3H3,(H,15,17). The van der Waals surface area contributed by atoms with Crippen molar-refractivity contribution >= 4 is 0 Å². The first-order chi connectivity index (χ1) is 7.89. The number of hydrogen-bond donors (Lipinski definition) is 1. The Bertz CT molecular complexity index is 590. The fraction of sp³-hybridized carbons (Fsp3) is 0.308. The topological polar surface area (TPSA) is 37.8 Å². The molecule has 1 aromatic heterocycles. The number of nitrogens with zero attached hydrogens (tertiary/aromatic N) is 1. The highest BCUT2D eigenvalue weighted by Crippen LogP contribution is 2.23. The van der Waals surface area contributed by atoms with E-state index in [1.165, 1.54) is 16.7 Å². The first kappa shape index (κ1) is 11.6. The summed E-state index contributed by atoms with van der Waals surface area (Å²) >= 11 is 0. The van der Waals surface area contributed by atoms with Gasteiger partial charge in [-0.2, -0.15) is 0 Å². The smallest absolute Gasteiger partial charge is 0.312 e. The molecule has 17 heavy (non-hydrogen) atoms. The quantitative estimate of drug-likeness (QED) is 0.809. The van der Waals surface area contributed by atoms with Gasteiger partial charge in [-0.05, 0) is 18.2 Å². The third kappa shape index (κ3) is 2.16. The van der Waals surface area contributed by atoms with Gasteiger partial charge in [-0.3, -0.25) is 4.57 Å². The van der Waals surface area contributed by atoms with Crippen molar-refractivity contribution in [3.8, 4) is 5.69 Å². The lowest BCUT2D eigenvalue weighted by Gasteiger charge is -2.20. The average Bonchev–Trinajstić information content (AvgIpc) is 2.59. The predicted molar refractivity (Wildman–Crippen MR) is 65.0 cm³/mol. The van der Waals surface area contributed by atoms with Crippen LogP contribution in [0.1, 0.15) is 26.5 Å². The number of rotatable bonds is 1. The summed E-state index contributed by atoms with van der Waals surface area (Å²) in [6.07, 6.45) is 1.67. The van der Waals surface area contributed by atoms with Gasteiger partial charge in [0.05, 0.1) is 5.69 Å². The Morgan fingerprint density at radius 1 is 1.29 bits per heavy atom. The van der Waals surface area contributed by atoms with E-state index < -0.39 is 0 Å². The number of aromatic amines is 1. The minimum atomic E-state index is -0.351. The lowest BCUT2D eigenvalue weighted by molar-refractivity contribution is 0.553. The van der Waals surface area contributed by atoms with Crippen LogP contribution in [0, 0.1) is 5.82 Å². The molecule has 1 heterocycles. The monoisotopic (exact) mass is 234 g/mol. The van der Waals surface area contributed by atoms with Gasteiger partial charge in [0, 0.05) is 17.3 Å². The van der Waals surface area contributed by atoms with E-state index in [9.17, 15) is 9.18 Å². The van der Waals surface area contributed by atoms with Gasteiger partial charge in [0.2, 0.25) is 0 Å². The largest absolute Gasteiger partial charge is 0.330 e. The Kier molecular flexibility index (Phi) is 2.65. The first-order valence-electron chi connectivity index (χ1n) is 5.46. The van der Waals surface area contributed by atoms with Crippen LogP contribution in [0.15, 0.2) is 35.3 Å². The van der Waals surface area contributed by atoms with E-state index in [0.717, 1.165) is 5.69 Å². The van der Waals surface area contributed by atoms with Crippen LogP contribution in [0.4, 0.5) is 4.39 Å². The molecule has 0 fully saturated rings. The van der Waals surface area contributed by atoms with E-state index >= 15 is 0 Å². The number of aromatic nitrogens is 2. The summed E-state index contributed by atoms with van der Waals surface area (Å²) in [5.74, 6) is -0.351. The highest BCUT2D eigenvalue weighted by atomic mass is 19.1. The maximum atomic E-state index is 13.2. The van der Waals surface area contributed by atoms with Gasteiger partial charge < -0.3 is 4.98 Å². The van der Waals surface area contributed by atoms with Crippen molar-refractivity contribution in [2.75, 3.05) is 0 Å². The predicted octanol–water partition coefficient (Wildman–Crippen LogP) is 2.60. The second-order valence-corrected chi connectivity index (χ2v) is 5.04. The van der Waals surface area contributed by atoms with E-state index in [1.807, 2.05) is 20.8 Å². The molecule has 90 valence electrons. The maximum absolute atomic E-state index is 13.2. The van der Waals surface area contributed by atoms with Gasteiger partial charge in [0.15, 0.2) is 0 Å². The Labute approximate surface area is 98.9 Å². The van der Waals surface area contributed by atoms with Gasteiger partial charge in [-0.25, -0.2) is 9.18 Å². The summed E-state index contributed by atoms with van der Waals surface area (Å²) < 4.78 is 14.7. The summed E-state index contributed by atoms with van der Waals surface area (Å²) in [6, 6.07) is 6.02. The lowest BCUT2D eigenvalue weighted by atomic mass is 9.92. The van der Waals surface area contributed by atoms with E-state index in [1.54, 1.807) is 18.3 Å². The van der Waals surface area contributed by atoms with Gasteiger partial charge in [-0.1, -0.05) is 26.8 Å². The number of benzene rings is 1. The third-order valence-electron chi connectivity index (χ3n) is 2.61. The van der Waals surface area contributed by atoms with Crippen molar-refractivity contribution in [2.24, 2.45) is 0 Å². The van der Waals surface area contributed by atoms with E-state index in [2.05, 4.69) is 4.98 Å². The molecule has 1 N–H and O–H groups in total. The Balaban J connectivity index is 2.67. The normalized spacial score (nSPS) is 11.8. The molecule has 2 aromatic rings. The fourth-order valence-corrected chi connectivity index (χ4v) is 1.79. The lowest BCUT2D eigenvalue weighted by Crippen LogP contribution is -2.23. The number of H-pyrrole nitrogens is 1. The summed E-state index contributed by atoms with van der Waals surface area (Å²) in [5.41, 5.74) is 0.931. The zero-order valence-electron chi connectivity index (χ0n) is 10.1. The zero-order valence-corrected chi connectivity index (χ0v) is 10.1. The Morgan fingerprint density at radius 3 is 2.59 bits per heavy atom. The highest BCUT2D eigenvalue weighted by Gasteiger charge is 2.21. The molecule has 3 nitrogen and oxygen atoms in total. The first-order valence-corrected chi connectivity index (χ1v) is 5.46. The van der Waals surface area contributed by atoms with Crippen LogP contribution in [-0.2, 0) is 5.41 Å². The van der Waals surface area contributed by atoms with Gasteiger partial charge in [0.25, 0.3) is 0 Å². The van der Waals surface area contributed by atoms with E-state index in [4.69, 9.17) is 0 Å². The van der Waals surface area contributed by atoms with E-state index in [0.29, 0.717) is 5.69 Å². The van der Waals surface area contributed by atoms with Crippen LogP contribution >= 0.6 is 0 Å². The molecule has 0 aliphatic heterocycles. The van der Waals surface area contributed by atoms with Crippen molar-refractivity contribution in [1.29, 1.82) is 0 Å². The third-order valence-corrected chi connectivity index (χ3v) is 2.61. The van der Waals surface area contributed by atoms with Crippen molar-refractivity contribution in [3.63, 3.8) is 0 Å². The maximum Gasteiger partial charge on any atom is 0.330 e. The zero-order chi connectivity index (χ0) is 12.6. The molecule has 0 aliphatic rings. The molecule has 0 amide bonds. The Hall–Kier alpha value is -1.84. The number of imidazole rings is 1. The van der Waals surface area contributed by atoms with Crippen LogP contribution in [0.5, 0.6) is 0 Å². The van der Waals surface area contributed by atoms with Crippen molar-refractivity contribution in [3.05, 3.63) is 52.5 Å². The number of hydrogen-bond acceptors (Lipinski definition) is 1. The minimum absolute atomic E-state index is 0.189. The van der Waals surface area contributed by atoms with Crippen LogP contribution in [0.2, 0.25) is 0 Å². The summed E-state index contributed by atoms with van der Waals surface area (Å²) in [4.78, 5) is 14.4. The molecule has 0 unspecified atom stereocenters. The van der Waals surface area contributed by atoms with Gasteiger partial charge in [0.1, 0.15) is 5.82 Å². The fourth-order valence-electron chi connectivity index (χ4n) is 1.79. The molecule has 0 spiro atoms. The molecule has 0 saturated carbocycles.